The first-order valence-corrected chi connectivity index (χ1v) is 5.94. The molecule has 0 aromatic carbocycles. The number of carbonyl (C=O) groups excluding carboxylic acids is 1. The Morgan fingerprint density at radius 2 is 2.07 bits per heavy atom. The van der Waals surface area contributed by atoms with Crippen molar-refractivity contribution in [1.82, 2.24) is 5.32 Å². The third-order valence-corrected chi connectivity index (χ3v) is 3.25. The fourth-order valence-electron chi connectivity index (χ4n) is 2.02. The van der Waals surface area contributed by atoms with E-state index in [9.17, 15) is 4.79 Å². The number of piperidine rings is 1. The molecule has 0 spiro atoms. The number of hydrogen-bond acceptors (Lipinski definition) is 2. The zero-order valence-corrected chi connectivity index (χ0v) is 9.51. The lowest BCUT2D eigenvalue weighted by Crippen LogP contribution is -2.29. The van der Waals surface area contributed by atoms with Crippen LogP contribution in [0.2, 0.25) is 0 Å². The van der Waals surface area contributed by atoms with Crippen molar-refractivity contribution in [2.24, 2.45) is 11.8 Å². The summed E-state index contributed by atoms with van der Waals surface area (Å²) in [5.41, 5.74) is 0. The van der Waals surface area contributed by atoms with E-state index in [0.717, 1.165) is 32.4 Å². The van der Waals surface area contributed by atoms with E-state index in [4.69, 9.17) is 0 Å². The predicted octanol–water partition coefficient (Wildman–Crippen LogP) is 2.38. The fourth-order valence-corrected chi connectivity index (χ4v) is 2.02. The Labute approximate surface area is 87.5 Å². The van der Waals surface area contributed by atoms with E-state index in [1.165, 1.54) is 12.8 Å². The Bertz CT molecular complexity index is 173. The maximum Gasteiger partial charge on any atom is 0.133 e. The summed E-state index contributed by atoms with van der Waals surface area (Å²) in [6.45, 7) is 6.52. The maximum absolute atomic E-state index is 11.7. The smallest absolute Gasteiger partial charge is 0.133 e. The number of hydrogen-bond donors (Lipinski definition) is 1. The lowest BCUT2D eigenvalue weighted by Gasteiger charge is -2.22. The molecule has 1 aliphatic rings. The zero-order valence-electron chi connectivity index (χ0n) is 9.51. The molecule has 0 radical (unpaired) electrons. The van der Waals surface area contributed by atoms with Gasteiger partial charge in [-0.15, -0.1) is 0 Å². The van der Waals surface area contributed by atoms with E-state index in [-0.39, 0.29) is 0 Å². The van der Waals surface area contributed by atoms with Gasteiger partial charge in [-0.2, -0.15) is 0 Å². The average molecular weight is 197 g/mol. The number of nitrogens with one attached hydrogen (secondary N) is 1. The second-order valence-electron chi connectivity index (χ2n) is 4.65. The highest BCUT2D eigenvalue weighted by atomic mass is 16.1. The van der Waals surface area contributed by atoms with Crippen LogP contribution in [0.3, 0.4) is 0 Å². The monoisotopic (exact) mass is 197 g/mol. The Balaban J connectivity index is 2.18. The lowest BCUT2D eigenvalue weighted by atomic mass is 9.89. The van der Waals surface area contributed by atoms with Gasteiger partial charge in [0, 0.05) is 12.8 Å². The molecule has 0 bridgehead atoms. The van der Waals surface area contributed by atoms with Gasteiger partial charge < -0.3 is 5.32 Å². The molecule has 82 valence electrons. The Morgan fingerprint density at radius 1 is 1.43 bits per heavy atom. The van der Waals surface area contributed by atoms with Crippen LogP contribution in [-0.2, 0) is 4.79 Å². The molecule has 1 fully saturated rings. The first kappa shape index (κ1) is 11.7. The fraction of sp³-hybridized carbons (Fsp3) is 0.917. The van der Waals surface area contributed by atoms with Crippen LogP contribution in [-0.4, -0.2) is 18.9 Å². The Kier molecular flexibility index (Phi) is 5.16. The number of rotatable bonds is 5. The van der Waals surface area contributed by atoms with Crippen molar-refractivity contribution in [3.05, 3.63) is 0 Å². The molecule has 0 aliphatic carbocycles. The van der Waals surface area contributed by atoms with Crippen molar-refractivity contribution in [3.8, 4) is 0 Å². The normalized spacial score (nSPS) is 20.7. The van der Waals surface area contributed by atoms with Gasteiger partial charge >= 0.3 is 0 Å². The van der Waals surface area contributed by atoms with E-state index < -0.39 is 0 Å². The van der Waals surface area contributed by atoms with E-state index >= 15 is 0 Å². The van der Waals surface area contributed by atoms with Crippen LogP contribution in [0.4, 0.5) is 0 Å². The summed E-state index contributed by atoms with van der Waals surface area (Å²) < 4.78 is 0. The van der Waals surface area contributed by atoms with E-state index in [1.807, 2.05) is 0 Å². The molecule has 1 heterocycles. The van der Waals surface area contributed by atoms with Gasteiger partial charge in [-0.25, -0.2) is 0 Å². The van der Waals surface area contributed by atoms with E-state index in [2.05, 4.69) is 19.2 Å². The summed E-state index contributed by atoms with van der Waals surface area (Å²) in [7, 11) is 0. The molecule has 2 heteroatoms. The van der Waals surface area contributed by atoms with Gasteiger partial charge in [0.2, 0.25) is 0 Å². The first-order valence-electron chi connectivity index (χ1n) is 5.94. The van der Waals surface area contributed by atoms with Crippen molar-refractivity contribution in [1.29, 1.82) is 0 Å². The molecule has 0 aromatic rings. The molecule has 1 unspecified atom stereocenters. The van der Waals surface area contributed by atoms with Gasteiger partial charge in [0.1, 0.15) is 5.78 Å². The standard InChI is InChI=1S/C12H23NO/c1-3-10(2)8-12(14)9-11-4-6-13-7-5-11/h10-11,13H,3-9H2,1-2H3. The Hall–Kier alpha value is -0.370. The van der Waals surface area contributed by atoms with Gasteiger partial charge in [0.15, 0.2) is 0 Å². The quantitative estimate of drug-likeness (QED) is 0.733. The summed E-state index contributed by atoms with van der Waals surface area (Å²) in [5, 5.41) is 3.33. The van der Waals surface area contributed by atoms with Crippen LogP contribution < -0.4 is 5.32 Å². The average Bonchev–Trinajstić information content (AvgIpc) is 2.19. The van der Waals surface area contributed by atoms with E-state index in [0.29, 0.717) is 17.6 Å². The minimum absolute atomic E-state index is 0.478. The molecule has 14 heavy (non-hydrogen) atoms. The van der Waals surface area contributed by atoms with Crippen molar-refractivity contribution in [2.45, 2.75) is 46.0 Å². The topological polar surface area (TPSA) is 29.1 Å². The molecule has 1 N–H and O–H groups in total. The molecule has 1 atom stereocenters. The van der Waals surface area contributed by atoms with Gasteiger partial charge in [-0.05, 0) is 37.8 Å². The van der Waals surface area contributed by atoms with Gasteiger partial charge in [0.05, 0.1) is 0 Å². The second kappa shape index (κ2) is 6.18. The van der Waals surface area contributed by atoms with Crippen molar-refractivity contribution in [2.75, 3.05) is 13.1 Å². The maximum atomic E-state index is 11.7. The predicted molar refractivity (Wildman–Crippen MR) is 59.3 cm³/mol. The molecule has 0 amide bonds. The lowest BCUT2D eigenvalue weighted by molar-refractivity contribution is -0.120. The SMILES string of the molecule is CCC(C)CC(=O)CC1CCNCC1. The summed E-state index contributed by atoms with van der Waals surface area (Å²) in [6.07, 6.45) is 5.11. The third-order valence-electron chi connectivity index (χ3n) is 3.25. The summed E-state index contributed by atoms with van der Waals surface area (Å²) in [6, 6.07) is 0. The molecule has 1 rings (SSSR count). The first-order chi connectivity index (χ1) is 6.72. The van der Waals surface area contributed by atoms with Gasteiger partial charge in [-0.3, -0.25) is 4.79 Å². The highest BCUT2D eigenvalue weighted by Crippen LogP contribution is 2.19. The summed E-state index contributed by atoms with van der Waals surface area (Å²) >= 11 is 0. The van der Waals surface area contributed by atoms with Crippen molar-refractivity contribution < 1.29 is 4.79 Å². The van der Waals surface area contributed by atoms with Crippen LogP contribution in [0, 0.1) is 11.8 Å². The molecule has 0 saturated carbocycles. The number of carbonyl (C=O) groups is 1. The van der Waals surface area contributed by atoms with Gasteiger partial charge in [0.25, 0.3) is 0 Å². The zero-order chi connectivity index (χ0) is 10.4. The highest BCUT2D eigenvalue weighted by Gasteiger charge is 2.17. The van der Waals surface area contributed by atoms with Crippen LogP contribution >= 0.6 is 0 Å². The van der Waals surface area contributed by atoms with Crippen molar-refractivity contribution >= 4 is 5.78 Å². The summed E-state index contributed by atoms with van der Waals surface area (Å²) in [5.74, 6) is 1.71. The molecule has 2 nitrogen and oxygen atoms in total. The number of Topliss-reactive ketones (excluding diaryl/α,β-unsaturated/α-hetero) is 1. The molecule has 0 aromatic heterocycles. The summed E-state index contributed by atoms with van der Waals surface area (Å²) in [4.78, 5) is 11.7. The van der Waals surface area contributed by atoms with Crippen LogP contribution in [0.5, 0.6) is 0 Å². The highest BCUT2D eigenvalue weighted by molar-refractivity contribution is 5.78. The van der Waals surface area contributed by atoms with Crippen molar-refractivity contribution in [3.63, 3.8) is 0 Å². The van der Waals surface area contributed by atoms with Crippen LogP contribution in [0.1, 0.15) is 46.0 Å². The van der Waals surface area contributed by atoms with E-state index in [1.54, 1.807) is 0 Å². The second-order valence-corrected chi connectivity index (χ2v) is 4.65. The third kappa shape index (κ3) is 4.23. The molecular formula is C12H23NO. The molecular weight excluding hydrogens is 174 g/mol. The largest absolute Gasteiger partial charge is 0.317 e. The van der Waals surface area contributed by atoms with Gasteiger partial charge in [-0.1, -0.05) is 20.3 Å². The number of ketones is 1. The molecule has 1 saturated heterocycles. The van der Waals surface area contributed by atoms with Crippen LogP contribution in [0.15, 0.2) is 0 Å². The Morgan fingerprint density at radius 3 is 2.64 bits per heavy atom. The molecule has 1 aliphatic heterocycles. The minimum Gasteiger partial charge on any atom is -0.317 e. The van der Waals surface area contributed by atoms with Crippen LogP contribution in [0.25, 0.3) is 0 Å². The minimum atomic E-state index is 0.478.